The molecule has 2 aliphatic rings. The van der Waals surface area contributed by atoms with E-state index in [0.717, 1.165) is 10.9 Å². The molecule has 0 spiro atoms. The van der Waals surface area contributed by atoms with Crippen molar-refractivity contribution in [2.75, 3.05) is 37.9 Å². The van der Waals surface area contributed by atoms with E-state index in [-0.39, 0.29) is 67.5 Å². The average molecular weight is 903 g/mol. The molecule has 4 aromatic rings. The van der Waals surface area contributed by atoms with Crippen LogP contribution >= 0.6 is 30.8 Å². The fourth-order valence-electron chi connectivity index (χ4n) is 6.79. The Balaban J connectivity index is 1.31. The number of anilines is 1. The highest BCUT2D eigenvalue weighted by Crippen LogP contribution is 2.62. The predicted molar refractivity (Wildman–Crippen MR) is 216 cm³/mol. The van der Waals surface area contributed by atoms with E-state index in [1.807, 2.05) is 0 Å². The molecule has 1 aromatic carbocycles. The second kappa shape index (κ2) is 18.4. The van der Waals surface area contributed by atoms with Gasteiger partial charge in [0.2, 0.25) is 5.28 Å². The number of ether oxygens (including phenoxy) is 5. The van der Waals surface area contributed by atoms with Crippen LogP contribution in [0.15, 0.2) is 30.5 Å². The molecule has 5 heterocycles. The fourth-order valence-corrected chi connectivity index (χ4v) is 9.87. The Bertz CT molecular complexity index is 2130. The minimum atomic E-state index is -4.29. The molecule has 3 aromatic heterocycles. The molecule has 24 heteroatoms. The van der Waals surface area contributed by atoms with Gasteiger partial charge in [0, 0.05) is 19.7 Å². The largest absolute Gasteiger partial charge is 0.465 e. The molecule has 0 aliphatic carbocycles. The molecule has 6 rings (SSSR count). The number of fused-ring (bicyclic) bond motifs is 2. The maximum absolute atomic E-state index is 14.7. The first-order valence-electron chi connectivity index (χ1n) is 19.1. The number of aromatic nitrogens is 8. The Kier molecular flexibility index (Phi) is 14.2. The lowest BCUT2D eigenvalue weighted by Crippen LogP contribution is -2.45. The summed E-state index contributed by atoms with van der Waals surface area (Å²) in [5, 5.41) is 36.3. The van der Waals surface area contributed by atoms with E-state index in [9.17, 15) is 19.6 Å². The summed E-state index contributed by atoms with van der Waals surface area (Å²) < 4.78 is 60.7. The van der Waals surface area contributed by atoms with Crippen LogP contribution in [0.3, 0.4) is 0 Å². The van der Waals surface area contributed by atoms with Gasteiger partial charge in [0.05, 0.1) is 51.0 Å². The molecule has 1 amide bonds. The van der Waals surface area contributed by atoms with Crippen LogP contribution in [0.1, 0.15) is 45.3 Å². The summed E-state index contributed by atoms with van der Waals surface area (Å²) in [6.45, 7) is 12.7. The third-order valence-electron chi connectivity index (χ3n) is 9.66. The minimum absolute atomic E-state index is 0.0106. The van der Waals surface area contributed by atoms with E-state index < -0.39 is 64.0 Å². The fraction of sp³-hybridized carbons (Fsp3) is 0.629. The van der Waals surface area contributed by atoms with Crippen molar-refractivity contribution >= 4 is 61.8 Å². The van der Waals surface area contributed by atoms with E-state index in [4.69, 9.17) is 55.9 Å². The van der Waals surface area contributed by atoms with E-state index in [2.05, 4.69) is 50.2 Å². The molecule has 0 bridgehead atoms. The van der Waals surface area contributed by atoms with Gasteiger partial charge in [0.25, 0.3) is 0 Å². The van der Waals surface area contributed by atoms with Crippen LogP contribution in [-0.2, 0) is 57.0 Å². The molecular formula is C35H50Cl2N9O11PSi. The number of halogens is 2. The Hall–Kier alpha value is -3.18. The van der Waals surface area contributed by atoms with Crippen molar-refractivity contribution in [2.45, 2.75) is 109 Å². The second-order valence-electron chi connectivity index (χ2n) is 15.6. The molecule has 20 nitrogen and oxygen atoms in total. The molecule has 324 valence electrons. The maximum Gasteiger partial charge on any atom is 0.413 e. The quantitative estimate of drug-likeness (QED) is 0.0466. The number of nitrogens with zero attached hydrogens (tertiary/aromatic N) is 9. The minimum Gasteiger partial charge on any atom is -0.465 e. The number of aliphatic hydroxyl groups excluding tert-OH is 1. The number of carbonyl (C=O) groups is 1. The van der Waals surface area contributed by atoms with Gasteiger partial charge in [-0.1, -0.05) is 49.4 Å². The summed E-state index contributed by atoms with van der Waals surface area (Å²) in [6, 6.07) is 7.76. The third-order valence-corrected chi connectivity index (χ3v) is 14.5. The molecule has 0 saturated carbocycles. The summed E-state index contributed by atoms with van der Waals surface area (Å²) in [6.07, 6.45) is -3.76. The maximum atomic E-state index is 14.7. The Morgan fingerprint density at radius 1 is 1.10 bits per heavy atom. The van der Waals surface area contributed by atoms with Crippen molar-refractivity contribution in [1.29, 1.82) is 0 Å². The Morgan fingerprint density at radius 2 is 1.81 bits per heavy atom. The molecule has 59 heavy (non-hydrogen) atoms. The molecule has 0 unspecified atom stereocenters. The molecule has 2 saturated heterocycles. The monoisotopic (exact) mass is 901 g/mol. The molecule has 0 radical (unpaired) electrons. The van der Waals surface area contributed by atoms with Gasteiger partial charge < -0.3 is 42.9 Å². The van der Waals surface area contributed by atoms with Crippen LogP contribution in [0.4, 0.5) is 10.6 Å². The summed E-state index contributed by atoms with van der Waals surface area (Å²) >= 11 is 12.8. The molecule has 2 N–H and O–H groups in total. The van der Waals surface area contributed by atoms with Crippen molar-refractivity contribution < 1.29 is 52.3 Å². The number of aliphatic hydroxyl groups is 1. The topological polar surface area (TPSA) is 230 Å². The molecule has 2 aliphatic heterocycles. The lowest BCUT2D eigenvalue weighted by molar-refractivity contribution is -0.207. The van der Waals surface area contributed by atoms with Crippen LogP contribution in [0.5, 0.6) is 0 Å². The van der Waals surface area contributed by atoms with Gasteiger partial charge in [0.1, 0.15) is 25.0 Å². The Morgan fingerprint density at radius 3 is 2.47 bits per heavy atom. The van der Waals surface area contributed by atoms with E-state index in [1.165, 1.54) is 15.6 Å². The van der Waals surface area contributed by atoms with Gasteiger partial charge in [-0.3, -0.25) is 9.46 Å². The van der Waals surface area contributed by atoms with Gasteiger partial charge in [-0.15, -0.1) is 5.10 Å². The van der Waals surface area contributed by atoms with Gasteiger partial charge in [-0.05, 0) is 67.4 Å². The van der Waals surface area contributed by atoms with Crippen molar-refractivity contribution in [1.82, 2.24) is 40.0 Å². The zero-order chi connectivity index (χ0) is 42.8. The zero-order valence-corrected chi connectivity index (χ0v) is 37.3. The number of carboxylic acid groups (broad SMARTS) is 1. The van der Waals surface area contributed by atoms with Crippen LogP contribution in [0.25, 0.3) is 11.0 Å². The lowest BCUT2D eigenvalue weighted by Gasteiger charge is -2.37. The van der Waals surface area contributed by atoms with E-state index >= 15 is 0 Å². The van der Waals surface area contributed by atoms with Crippen molar-refractivity contribution in [3.8, 4) is 0 Å². The Labute approximate surface area is 351 Å². The predicted octanol–water partition coefficient (Wildman–Crippen LogP) is 5.75. The summed E-state index contributed by atoms with van der Waals surface area (Å²) in [5.74, 6) is -0.920. The number of amides is 1. The third kappa shape index (κ3) is 9.97. The van der Waals surface area contributed by atoms with Gasteiger partial charge >= 0.3 is 13.7 Å². The van der Waals surface area contributed by atoms with E-state index in [0.29, 0.717) is 17.2 Å². The van der Waals surface area contributed by atoms with Crippen molar-refractivity contribution in [3.63, 3.8) is 0 Å². The molecule has 5 atom stereocenters. The van der Waals surface area contributed by atoms with Crippen LogP contribution in [0.2, 0.25) is 36.0 Å². The zero-order valence-electron chi connectivity index (χ0n) is 33.9. The van der Waals surface area contributed by atoms with Gasteiger partial charge in [-0.25, -0.2) is 14.2 Å². The molecular weight excluding hydrogens is 852 g/mol. The summed E-state index contributed by atoms with van der Waals surface area (Å²) in [7, 11) is -5.67. The lowest BCUT2D eigenvalue weighted by atomic mass is 10.1. The first-order chi connectivity index (χ1) is 27.9. The highest BCUT2D eigenvalue weighted by molar-refractivity contribution is 7.55. The number of hydrogen-bond acceptors (Lipinski definition) is 16. The number of tetrazole rings is 1. The first-order valence-corrected chi connectivity index (χ1v) is 25.1. The van der Waals surface area contributed by atoms with Crippen molar-refractivity contribution in [3.05, 3.63) is 52.2 Å². The van der Waals surface area contributed by atoms with Crippen LogP contribution < -0.4 is 4.90 Å². The van der Waals surface area contributed by atoms with Gasteiger partial charge in [0.15, 0.2) is 34.6 Å². The highest BCUT2D eigenvalue weighted by Gasteiger charge is 2.59. The highest BCUT2D eigenvalue weighted by atomic mass is 35.5. The smallest absolute Gasteiger partial charge is 0.413 e. The summed E-state index contributed by atoms with van der Waals surface area (Å²) in [5.41, 5.74) is 0.680. The normalized spacial score (nSPS) is 21.5. The first kappa shape index (κ1) is 45.3. The number of hydrogen-bond donors (Lipinski definition) is 2. The second-order valence-corrected chi connectivity index (χ2v) is 24.3. The standard InChI is InChI=1S/C35H50Cl2N9O11PSi/c1-8-53-58(50,54-9-2)35(20-47,16-26-41-42-43-45(26)21-51-14-15-59(5,6)7)52-19-25-27-28(57-34(3,4)56-27)31(55-25)46-30-23(17-38-46)29(39-32(37)40-30)44(33(48)49)18-22-12-10-11-13-24(22)36/h10-13,17,25,27-28,31,47H,8-9,14-16,18-21H2,1-7H3,(H,48,49)/t25-,27-,28-,31-,35-/m1/s1. The van der Waals surface area contributed by atoms with Gasteiger partial charge in [-0.2, -0.15) is 15.1 Å². The SMILES string of the molecule is CCOP(=O)(OCC)[C@@](CO)(Cc1nnnn1COCC[Si](C)(C)C)OC[C@H]1O[C@@H](n2ncc3c(N(Cc4ccccc4Cl)C(=O)O)nc(Cl)nc32)[C@@H]2OC(C)(C)O[C@@H]21. The van der Waals surface area contributed by atoms with Crippen LogP contribution in [0, 0.1) is 0 Å². The number of rotatable bonds is 20. The molecule has 2 fully saturated rings. The average Bonchev–Trinajstić information content (AvgIpc) is 3.94. The van der Waals surface area contributed by atoms with E-state index in [1.54, 1.807) is 52.0 Å². The van der Waals surface area contributed by atoms with Crippen molar-refractivity contribution in [2.24, 2.45) is 0 Å². The number of benzene rings is 1. The van der Waals surface area contributed by atoms with Crippen LogP contribution in [-0.4, -0.2) is 127 Å². The summed E-state index contributed by atoms with van der Waals surface area (Å²) in [4.78, 5) is 22.3.